The van der Waals surface area contributed by atoms with Gasteiger partial charge in [0.2, 0.25) is 0 Å². The van der Waals surface area contributed by atoms with Crippen molar-refractivity contribution in [3.8, 4) is 17.6 Å². The van der Waals surface area contributed by atoms with Crippen molar-refractivity contribution in [2.45, 2.75) is 13.3 Å². The zero-order chi connectivity index (χ0) is 14.8. The Hall–Kier alpha value is -2.68. The van der Waals surface area contributed by atoms with Crippen LogP contribution in [0.25, 0.3) is 0 Å². The van der Waals surface area contributed by atoms with Gasteiger partial charge in [-0.1, -0.05) is 0 Å². The molecular weight excluding hydrogens is 268 g/mol. The van der Waals surface area contributed by atoms with Crippen LogP contribution in [0.2, 0.25) is 0 Å². The number of nitrogens with zero attached hydrogens (tertiary/aromatic N) is 3. The molecule has 2 heterocycles. The Morgan fingerprint density at radius 1 is 1.29 bits per heavy atom. The van der Waals surface area contributed by atoms with Gasteiger partial charge < -0.3 is 14.8 Å². The Kier molecular flexibility index (Phi) is 3.40. The summed E-state index contributed by atoms with van der Waals surface area (Å²) in [5, 5.41) is 16.7. The number of anilines is 2. The number of aryl methyl sites for hydroxylation is 2. The molecule has 0 amide bonds. The third-order valence-corrected chi connectivity index (χ3v) is 3.34. The summed E-state index contributed by atoms with van der Waals surface area (Å²) in [5.74, 6) is 2.14. The van der Waals surface area contributed by atoms with E-state index in [-0.39, 0.29) is 0 Å². The second kappa shape index (κ2) is 5.37. The molecule has 1 N–H and O–H groups in total. The minimum atomic E-state index is 0.546. The minimum absolute atomic E-state index is 0.546. The smallest absolute Gasteiger partial charge is 0.163 e. The molecule has 0 saturated heterocycles. The molecule has 1 aromatic heterocycles. The number of aromatic nitrogens is 2. The Morgan fingerprint density at radius 2 is 2.05 bits per heavy atom. The van der Waals surface area contributed by atoms with Crippen LogP contribution >= 0.6 is 0 Å². The number of ether oxygens (including phenoxy) is 2. The molecule has 1 aliphatic rings. The summed E-state index contributed by atoms with van der Waals surface area (Å²) in [7, 11) is 1.80. The van der Waals surface area contributed by atoms with Crippen LogP contribution in [-0.2, 0) is 7.05 Å². The molecule has 0 spiro atoms. The Bertz CT molecular complexity index is 715. The average molecular weight is 284 g/mol. The first-order chi connectivity index (χ1) is 10.2. The van der Waals surface area contributed by atoms with Crippen molar-refractivity contribution in [3.05, 3.63) is 29.5 Å². The molecular formula is C15H16N4O2. The van der Waals surface area contributed by atoms with Crippen molar-refractivity contribution in [2.75, 3.05) is 18.5 Å². The van der Waals surface area contributed by atoms with Gasteiger partial charge in [0, 0.05) is 25.2 Å². The molecule has 21 heavy (non-hydrogen) atoms. The second-order valence-electron chi connectivity index (χ2n) is 4.88. The Morgan fingerprint density at radius 3 is 2.81 bits per heavy atom. The van der Waals surface area contributed by atoms with Crippen molar-refractivity contribution in [3.63, 3.8) is 0 Å². The van der Waals surface area contributed by atoms with E-state index in [1.807, 2.05) is 25.1 Å². The summed E-state index contributed by atoms with van der Waals surface area (Å²) in [6, 6.07) is 7.83. The van der Waals surface area contributed by atoms with Crippen LogP contribution in [0.15, 0.2) is 18.2 Å². The van der Waals surface area contributed by atoms with E-state index in [2.05, 4.69) is 16.5 Å². The number of nitriles is 1. The van der Waals surface area contributed by atoms with Crippen LogP contribution in [0.3, 0.4) is 0 Å². The van der Waals surface area contributed by atoms with E-state index in [4.69, 9.17) is 9.47 Å². The van der Waals surface area contributed by atoms with Crippen LogP contribution in [0, 0.1) is 18.3 Å². The minimum Gasteiger partial charge on any atom is -0.490 e. The van der Waals surface area contributed by atoms with Gasteiger partial charge in [-0.3, -0.25) is 4.68 Å². The molecule has 0 unspecified atom stereocenters. The molecule has 108 valence electrons. The van der Waals surface area contributed by atoms with Gasteiger partial charge in [0.05, 0.1) is 18.9 Å². The average Bonchev–Trinajstić information content (AvgIpc) is 2.66. The van der Waals surface area contributed by atoms with E-state index < -0.39 is 0 Å². The molecule has 1 aliphatic heterocycles. The highest BCUT2D eigenvalue weighted by Gasteiger charge is 2.15. The van der Waals surface area contributed by atoms with Gasteiger partial charge in [0.15, 0.2) is 11.5 Å². The van der Waals surface area contributed by atoms with Crippen molar-refractivity contribution in [2.24, 2.45) is 7.05 Å². The molecule has 2 aromatic rings. The van der Waals surface area contributed by atoms with Gasteiger partial charge in [-0.2, -0.15) is 10.4 Å². The van der Waals surface area contributed by atoms with Gasteiger partial charge in [0.1, 0.15) is 17.5 Å². The molecule has 3 rings (SSSR count). The summed E-state index contributed by atoms with van der Waals surface area (Å²) in [5.41, 5.74) is 2.08. The van der Waals surface area contributed by atoms with Crippen LogP contribution in [-0.4, -0.2) is 23.0 Å². The second-order valence-corrected chi connectivity index (χ2v) is 4.88. The van der Waals surface area contributed by atoms with Crippen molar-refractivity contribution < 1.29 is 9.47 Å². The molecule has 6 nitrogen and oxygen atoms in total. The summed E-state index contributed by atoms with van der Waals surface area (Å²) in [4.78, 5) is 0. The number of hydrogen-bond donors (Lipinski definition) is 1. The van der Waals surface area contributed by atoms with Crippen molar-refractivity contribution in [1.29, 1.82) is 5.26 Å². The van der Waals surface area contributed by atoms with E-state index in [9.17, 15) is 5.26 Å². The van der Waals surface area contributed by atoms with Gasteiger partial charge in [-0.25, -0.2) is 0 Å². The zero-order valence-corrected chi connectivity index (χ0v) is 12.0. The Balaban J connectivity index is 1.93. The van der Waals surface area contributed by atoms with E-state index in [1.165, 1.54) is 0 Å². The molecule has 0 aliphatic carbocycles. The summed E-state index contributed by atoms with van der Waals surface area (Å²) >= 11 is 0. The third kappa shape index (κ3) is 2.50. The normalized spacial score (nSPS) is 13.4. The molecule has 0 saturated carbocycles. The molecule has 0 radical (unpaired) electrons. The quantitative estimate of drug-likeness (QED) is 0.917. The SMILES string of the molecule is Cc1nn(C)c(Nc2ccc3c(c2)OCCCO3)c1C#N. The van der Waals surface area contributed by atoms with Gasteiger partial charge in [-0.15, -0.1) is 0 Å². The predicted molar refractivity (Wildman–Crippen MR) is 78.0 cm³/mol. The zero-order valence-electron chi connectivity index (χ0n) is 12.0. The maximum atomic E-state index is 9.23. The lowest BCUT2D eigenvalue weighted by molar-refractivity contribution is 0.297. The number of hydrogen-bond acceptors (Lipinski definition) is 5. The Labute approximate surface area is 122 Å². The maximum absolute atomic E-state index is 9.23. The number of nitrogens with one attached hydrogen (secondary N) is 1. The molecule has 1 aromatic carbocycles. The predicted octanol–water partition coefficient (Wildman–Crippen LogP) is 2.51. The highest BCUT2D eigenvalue weighted by molar-refractivity contribution is 5.66. The fourth-order valence-electron chi connectivity index (χ4n) is 2.31. The lowest BCUT2D eigenvalue weighted by atomic mass is 10.2. The summed E-state index contributed by atoms with van der Waals surface area (Å²) < 4.78 is 12.9. The van der Waals surface area contributed by atoms with Gasteiger partial charge in [0.25, 0.3) is 0 Å². The molecule has 0 bridgehead atoms. The lowest BCUT2D eigenvalue weighted by Crippen LogP contribution is -2.01. The third-order valence-electron chi connectivity index (χ3n) is 3.34. The molecule has 0 atom stereocenters. The van der Waals surface area contributed by atoms with E-state index in [0.717, 1.165) is 23.6 Å². The van der Waals surface area contributed by atoms with E-state index >= 15 is 0 Å². The summed E-state index contributed by atoms with van der Waals surface area (Å²) in [6.45, 7) is 3.13. The fraction of sp³-hybridized carbons (Fsp3) is 0.333. The van der Waals surface area contributed by atoms with Crippen molar-refractivity contribution >= 4 is 11.5 Å². The lowest BCUT2D eigenvalue weighted by Gasteiger charge is -2.11. The topological polar surface area (TPSA) is 72.1 Å². The monoisotopic (exact) mass is 284 g/mol. The summed E-state index contributed by atoms with van der Waals surface area (Å²) in [6.07, 6.45) is 0.872. The fourth-order valence-corrected chi connectivity index (χ4v) is 2.31. The largest absolute Gasteiger partial charge is 0.490 e. The van der Waals surface area contributed by atoms with Gasteiger partial charge in [-0.05, 0) is 19.1 Å². The standard InChI is InChI=1S/C15H16N4O2/c1-10-12(9-16)15(19(2)18-10)17-11-4-5-13-14(8-11)21-7-3-6-20-13/h4-5,8,17H,3,6-7H2,1-2H3. The molecule has 6 heteroatoms. The van der Waals surface area contributed by atoms with Crippen LogP contribution in [0.4, 0.5) is 11.5 Å². The molecule has 0 fully saturated rings. The van der Waals surface area contributed by atoms with Gasteiger partial charge >= 0.3 is 0 Å². The maximum Gasteiger partial charge on any atom is 0.163 e. The van der Waals surface area contributed by atoms with Crippen LogP contribution < -0.4 is 14.8 Å². The number of rotatable bonds is 2. The van der Waals surface area contributed by atoms with E-state index in [0.29, 0.717) is 30.3 Å². The first kappa shape index (κ1) is 13.3. The van der Waals surface area contributed by atoms with Crippen molar-refractivity contribution in [1.82, 2.24) is 9.78 Å². The number of benzene rings is 1. The van der Waals surface area contributed by atoms with Crippen LogP contribution in [0.5, 0.6) is 11.5 Å². The van der Waals surface area contributed by atoms with E-state index in [1.54, 1.807) is 11.7 Å². The first-order valence-corrected chi connectivity index (χ1v) is 6.79. The first-order valence-electron chi connectivity index (χ1n) is 6.79. The highest BCUT2D eigenvalue weighted by atomic mass is 16.5. The highest BCUT2D eigenvalue weighted by Crippen LogP contribution is 2.33. The van der Waals surface area contributed by atoms with Crippen LogP contribution in [0.1, 0.15) is 17.7 Å². The number of fused-ring (bicyclic) bond motifs is 1.